The molecule has 0 aliphatic carbocycles. The zero-order valence-electron chi connectivity index (χ0n) is 43.5. The van der Waals surface area contributed by atoms with Crippen LogP contribution in [0.2, 0.25) is 0 Å². The van der Waals surface area contributed by atoms with Crippen LogP contribution in [-0.4, -0.2) is 15.3 Å². The van der Waals surface area contributed by atoms with Crippen molar-refractivity contribution in [1.29, 1.82) is 0 Å². The van der Waals surface area contributed by atoms with E-state index in [1.54, 1.807) is 0 Å². The molecule has 0 bridgehead atoms. The standard InChI is InChI=1S/C60H90O3/c1-19-34-55(7,8)42-28-31-45(61)52(58(13,14)37-22-4)49(42)40-26-25-27-41(50-43(56(9,10)35-20-2)29-32-46(62)53(50)59(15,16)38-23-5)48(40)51-44(57(11,12)36-21-3)30-33-47(63)54(51)60(17,18)39-24-6/h25-33,61-63H,19-24,34-39H2,1-18H3. The second-order valence-electron chi connectivity index (χ2n) is 23.2. The number of hydrogen-bond donors (Lipinski definition) is 3. The molecule has 3 heteroatoms. The second-order valence-corrected chi connectivity index (χ2v) is 23.2. The number of benzene rings is 4. The van der Waals surface area contributed by atoms with E-state index in [4.69, 9.17) is 0 Å². The summed E-state index contributed by atoms with van der Waals surface area (Å²) in [5.74, 6) is 0.983. The summed E-state index contributed by atoms with van der Waals surface area (Å²) in [6.07, 6.45) is 11.7. The summed E-state index contributed by atoms with van der Waals surface area (Å²) < 4.78 is 0. The second kappa shape index (κ2) is 19.8. The van der Waals surface area contributed by atoms with Gasteiger partial charge in [0, 0.05) is 16.7 Å². The van der Waals surface area contributed by atoms with E-state index in [0.29, 0.717) is 17.2 Å². The van der Waals surface area contributed by atoms with Crippen LogP contribution in [0.15, 0.2) is 54.6 Å². The number of phenolic OH excluding ortho intramolecular Hbond substituents is 3. The van der Waals surface area contributed by atoms with Gasteiger partial charge in [-0.25, -0.2) is 0 Å². The molecule has 0 atom stereocenters. The molecule has 0 aromatic heterocycles. The highest BCUT2D eigenvalue weighted by Gasteiger charge is 2.40. The Kier molecular flexibility index (Phi) is 16.3. The molecule has 3 nitrogen and oxygen atoms in total. The van der Waals surface area contributed by atoms with Gasteiger partial charge in [0.2, 0.25) is 0 Å². The summed E-state index contributed by atoms with van der Waals surface area (Å²) in [4.78, 5) is 0. The van der Waals surface area contributed by atoms with Crippen molar-refractivity contribution in [2.75, 3.05) is 0 Å². The van der Waals surface area contributed by atoms with E-state index in [-0.39, 0.29) is 27.1 Å². The van der Waals surface area contributed by atoms with Gasteiger partial charge in [-0.3, -0.25) is 0 Å². The van der Waals surface area contributed by atoms with E-state index in [1.807, 2.05) is 18.2 Å². The minimum atomic E-state index is -0.391. The fourth-order valence-electron chi connectivity index (χ4n) is 12.1. The Labute approximate surface area is 386 Å². The van der Waals surface area contributed by atoms with Gasteiger partial charge in [-0.05, 0) is 139 Å². The number of phenols is 3. The molecule has 63 heavy (non-hydrogen) atoms. The molecule has 4 aromatic rings. The molecule has 0 aliphatic rings. The maximum absolute atomic E-state index is 12.6. The molecule has 4 aromatic carbocycles. The lowest BCUT2D eigenvalue weighted by Gasteiger charge is -2.39. The highest BCUT2D eigenvalue weighted by molar-refractivity contribution is 6.01. The molecule has 0 amide bonds. The van der Waals surface area contributed by atoms with Crippen molar-refractivity contribution in [2.24, 2.45) is 0 Å². The van der Waals surface area contributed by atoms with Crippen LogP contribution in [0.5, 0.6) is 17.2 Å². The average Bonchev–Trinajstić information content (AvgIpc) is 3.16. The van der Waals surface area contributed by atoms with Crippen LogP contribution < -0.4 is 0 Å². The maximum Gasteiger partial charge on any atom is 0.119 e. The molecule has 0 heterocycles. The fourth-order valence-corrected chi connectivity index (χ4v) is 12.1. The largest absolute Gasteiger partial charge is 0.508 e. The third-order valence-corrected chi connectivity index (χ3v) is 14.9. The molecule has 0 radical (unpaired) electrons. The Balaban J connectivity index is 2.65. The summed E-state index contributed by atoms with van der Waals surface area (Å²) >= 11 is 0. The van der Waals surface area contributed by atoms with Crippen LogP contribution in [-0.2, 0) is 32.5 Å². The molecular weight excluding hydrogens is 769 g/mol. The lowest BCUT2D eigenvalue weighted by atomic mass is 9.64. The van der Waals surface area contributed by atoms with E-state index < -0.39 is 5.41 Å². The van der Waals surface area contributed by atoms with Crippen molar-refractivity contribution in [3.63, 3.8) is 0 Å². The summed E-state index contributed by atoms with van der Waals surface area (Å²) in [5.41, 5.74) is 11.4. The van der Waals surface area contributed by atoms with E-state index in [9.17, 15) is 15.3 Å². The normalized spacial score (nSPS) is 13.2. The topological polar surface area (TPSA) is 60.7 Å². The van der Waals surface area contributed by atoms with Gasteiger partial charge in [-0.2, -0.15) is 0 Å². The summed E-state index contributed by atoms with van der Waals surface area (Å²) in [5, 5.41) is 37.4. The van der Waals surface area contributed by atoms with Crippen molar-refractivity contribution >= 4 is 0 Å². The maximum atomic E-state index is 12.6. The molecule has 0 saturated heterocycles. The molecule has 348 valence electrons. The minimum Gasteiger partial charge on any atom is -0.508 e. The van der Waals surface area contributed by atoms with Crippen molar-refractivity contribution in [1.82, 2.24) is 0 Å². The number of hydrogen-bond acceptors (Lipinski definition) is 3. The first kappa shape index (κ1) is 51.9. The molecule has 3 N–H and O–H groups in total. The highest BCUT2D eigenvalue weighted by atomic mass is 16.3. The van der Waals surface area contributed by atoms with Crippen molar-refractivity contribution in [2.45, 2.75) is 234 Å². The first-order valence-corrected chi connectivity index (χ1v) is 25.0. The highest BCUT2D eigenvalue weighted by Crippen LogP contribution is 2.58. The van der Waals surface area contributed by atoms with Crippen LogP contribution in [0.3, 0.4) is 0 Å². The molecule has 4 rings (SSSR count). The van der Waals surface area contributed by atoms with E-state index in [1.165, 1.54) is 16.7 Å². The number of rotatable bonds is 21. The zero-order chi connectivity index (χ0) is 47.5. The quantitative estimate of drug-likeness (QED) is 0.0782. The van der Waals surface area contributed by atoms with Gasteiger partial charge < -0.3 is 15.3 Å². The Hall–Kier alpha value is -3.72. The van der Waals surface area contributed by atoms with Crippen molar-refractivity contribution in [3.05, 3.63) is 88.0 Å². The van der Waals surface area contributed by atoms with Crippen LogP contribution in [0.4, 0.5) is 0 Å². The molecule has 0 saturated carbocycles. The van der Waals surface area contributed by atoms with Crippen LogP contribution in [0.25, 0.3) is 33.4 Å². The Bertz CT molecular complexity index is 2080. The summed E-state index contributed by atoms with van der Waals surface area (Å²) in [6.45, 7) is 41.7. The average molecular weight is 859 g/mol. The number of aromatic hydroxyl groups is 3. The summed E-state index contributed by atoms with van der Waals surface area (Å²) in [7, 11) is 0. The Morgan fingerprint density at radius 2 is 0.540 bits per heavy atom. The van der Waals surface area contributed by atoms with E-state index >= 15 is 0 Å². The van der Waals surface area contributed by atoms with Crippen molar-refractivity contribution in [3.8, 4) is 50.6 Å². The Morgan fingerprint density at radius 3 is 0.810 bits per heavy atom. The molecule has 0 unspecified atom stereocenters. The van der Waals surface area contributed by atoms with E-state index in [2.05, 4.69) is 161 Å². The predicted octanol–water partition coefficient (Wildman–Crippen LogP) is 18.3. The van der Waals surface area contributed by atoms with Gasteiger partial charge in [0.05, 0.1) is 0 Å². The van der Waals surface area contributed by atoms with Gasteiger partial charge in [0.15, 0.2) is 0 Å². The third kappa shape index (κ3) is 10.4. The fraction of sp³-hybridized carbons (Fsp3) is 0.600. The zero-order valence-corrected chi connectivity index (χ0v) is 43.5. The molecule has 0 spiro atoms. The van der Waals surface area contributed by atoms with Gasteiger partial charge in [0.1, 0.15) is 17.2 Å². The Morgan fingerprint density at radius 1 is 0.302 bits per heavy atom. The lowest BCUT2D eigenvalue weighted by molar-refractivity contribution is 0.413. The molecular formula is C60H90O3. The van der Waals surface area contributed by atoms with Gasteiger partial charge in [0.25, 0.3) is 0 Å². The van der Waals surface area contributed by atoms with Crippen LogP contribution in [0.1, 0.15) is 235 Å². The lowest BCUT2D eigenvalue weighted by Crippen LogP contribution is -2.26. The smallest absolute Gasteiger partial charge is 0.119 e. The first-order valence-electron chi connectivity index (χ1n) is 25.0. The minimum absolute atomic E-state index is 0.219. The molecule has 0 aliphatic heterocycles. The van der Waals surface area contributed by atoms with Gasteiger partial charge >= 0.3 is 0 Å². The van der Waals surface area contributed by atoms with Crippen LogP contribution in [0, 0.1) is 0 Å². The summed E-state index contributed by atoms with van der Waals surface area (Å²) in [6, 6.07) is 19.4. The SMILES string of the molecule is CCCC(C)(C)c1ccc(O)c(C(C)(C)CCC)c1-c1cccc(-c2c(C(C)(C)CCC)ccc(O)c2C(C)(C)CCC)c1-c1c(C(C)(C)CCC)ccc(O)c1C(C)(C)CCC. The first-order chi connectivity index (χ1) is 29.3. The van der Waals surface area contributed by atoms with Crippen molar-refractivity contribution < 1.29 is 15.3 Å². The predicted molar refractivity (Wildman–Crippen MR) is 275 cm³/mol. The molecule has 0 fully saturated rings. The van der Waals surface area contributed by atoms with Gasteiger partial charge in [-0.15, -0.1) is 0 Å². The van der Waals surface area contributed by atoms with Crippen LogP contribution >= 0.6 is 0 Å². The van der Waals surface area contributed by atoms with Gasteiger partial charge in [-0.1, -0.05) is 200 Å². The monoisotopic (exact) mass is 859 g/mol. The van der Waals surface area contributed by atoms with E-state index in [0.717, 1.165) is 127 Å². The third-order valence-electron chi connectivity index (χ3n) is 14.9.